The zero-order valence-electron chi connectivity index (χ0n) is 14.2. The lowest BCUT2D eigenvalue weighted by Crippen LogP contribution is -2.26. The number of rotatable bonds is 6. The SMILES string of the molecule is Cc1ccc(S(=O)(=O)NCCc2csc(-c3cccc(C)c3)n2)cc1. The Morgan fingerprint density at radius 1 is 1.04 bits per heavy atom. The monoisotopic (exact) mass is 372 g/mol. The van der Waals surface area contributed by atoms with E-state index in [0.717, 1.165) is 21.8 Å². The highest BCUT2D eigenvalue weighted by atomic mass is 32.2. The quantitative estimate of drug-likeness (QED) is 0.713. The van der Waals surface area contributed by atoms with Gasteiger partial charge in [0.1, 0.15) is 5.01 Å². The van der Waals surface area contributed by atoms with E-state index in [4.69, 9.17) is 0 Å². The van der Waals surface area contributed by atoms with E-state index in [-0.39, 0.29) is 4.90 Å². The van der Waals surface area contributed by atoms with Crippen molar-refractivity contribution in [1.29, 1.82) is 0 Å². The molecular weight excluding hydrogens is 352 g/mol. The molecule has 0 bridgehead atoms. The summed E-state index contributed by atoms with van der Waals surface area (Å²) in [6.07, 6.45) is 0.563. The number of nitrogens with one attached hydrogen (secondary N) is 1. The Morgan fingerprint density at radius 3 is 2.52 bits per heavy atom. The van der Waals surface area contributed by atoms with Gasteiger partial charge in [-0.3, -0.25) is 0 Å². The van der Waals surface area contributed by atoms with Crippen LogP contribution in [0.2, 0.25) is 0 Å². The second-order valence-corrected chi connectivity index (χ2v) is 8.60. The molecular formula is C19H20N2O2S2. The number of aryl methyl sites for hydroxylation is 2. The summed E-state index contributed by atoms with van der Waals surface area (Å²) in [5.74, 6) is 0. The van der Waals surface area contributed by atoms with Gasteiger partial charge in [-0.05, 0) is 32.0 Å². The van der Waals surface area contributed by atoms with Crippen molar-refractivity contribution in [2.24, 2.45) is 0 Å². The Balaban J connectivity index is 1.62. The first-order valence-electron chi connectivity index (χ1n) is 8.02. The maximum absolute atomic E-state index is 12.3. The molecule has 0 fully saturated rings. The summed E-state index contributed by atoms with van der Waals surface area (Å²) in [7, 11) is -3.47. The van der Waals surface area contributed by atoms with Crippen molar-refractivity contribution >= 4 is 21.4 Å². The first-order valence-corrected chi connectivity index (χ1v) is 10.4. The molecule has 1 aromatic heterocycles. The normalized spacial score (nSPS) is 11.6. The van der Waals surface area contributed by atoms with Gasteiger partial charge in [0.15, 0.2) is 0 Å². The summed E-state index contributed by atoms with van der Waals surface area (Å²) < 4.78 is 27.2. The van der Waals surface area contributed by atoms with Gasteiger partial charge in [-0.2, -0.15) is 0 Å². The first-order chi connectivity index (χ1) is 11.9. The third kappa shape index (κ3) is 4.54. The average Bonchev–Trinajstić information content (AvgIpc) is 3.04. The van der Waals surface area contributed by atoms with Crippen LogP contribution < -0.4 is 4.72 Å². The molecule has 0 aliphatic heterocycles. The van der Waals surface area contributed by atoms with E-state index in [9.17, 15) is 8.42 Å². The minimum atomic E-state index is -3.47. The summed E-state index contributed by atoms with van der Waals surface area (Å²) in [6, 6.07) is 15.0. The molecule has 25 heavy (non-hydrogen) atoms. The second-order valence-electron chi connectivity index (χ2n) is 5.97. The van der Waals surface area contributed by atoms with Gasteiger partial charge < -0.3 is 0 Å². The van der Waals surface area contributed by atoms with Gasteiger partial charge in [-0.15, -0.1) is 11.3 Å². The van der Waals surface area contributed by atoms with E-state index in [1.54, 1.807) is 35.6 Å². The number of hydrogen-bond donors (Lipinski definition) is 1. The van der Waals surface area contributed by atoms with Gasteiger partial charge >= 0.3 is 0 Å². The predicted octanol–water partition coefficient (Wildman–Crippen LogP) is 3.95. The Labute approximate surface area is 152 Å². The van der Waals surface area contributed by atoms with E-state index in [1.807, 2.05) is 24.4 Å². The van der Waals surface area contributed by atoms with Crippen LogP contribution in [0, 0.1) is 13.8 Å². The first kappa shape index (κ1) is 17.8. The summed E-state index contributed by atoms with van der Waals surface area (Å²) >= 11 is 1.58. The molecule has 0 aliphatic carbocycles. The lowest BCUT2D eigenvalue weighted by atomic mass is 10.1. The van der Waals surface area contributed by atoms with E-state index >= 15 is 0 Å². The summed E-state index contributed by atoms with van der Waals surface area (Å²) in [4.78, 5) is 4.90. The number of hydrogen-bond acceptors (Lipinski definition) is 4. The lowest BCUT2D eigenvalue weighted by molar-refractivity contribution is 0.581. The smallest absolute Gasteiger partial charge is 0.240 e. The van der Waals surface area contributed by atoms with Crippen molar-refractivity contribution in [3.8, 4) is 10.6 Å². The van der Waals surface area contributed by atoms with Crippen molar-refractivity contribution in [1.82, 2.24) is 9.71 Å². The average molecular weight is 373 g/mol. The standard InChI is InChI=1S/C19H20N2O2S2/c1-14-6-8-18(9-7-14)25(22,23)20-11-10-17-13-24-19(21-17)16-5-3-4-15(2)12-16/h3-9,12-13,20H,10-11H2,1-2H3. The van der Waals surface area contributed by atoms with Gasteiger partial charge in [0, 0.05) is 23.9 Å². The van der Waals surface area contributed by atoms with E-state index in [2.05, 4.69) is 28.8 Å². The zero-order valence-corrected chi connectivity index (χ0v) is 15.8. The molecule has 1 N–H and O–H groups in total. The highest BCUT2D eigenvalue weighted by Crippen LogP contribution is 2.24. The van der Waals surface area contributed by atoms with Gasteiger partial charge in [0.05, 0.1) is 10.6 Å². The Kier molecular flexibility index (Phi) is 5.32. The van der Waals surface area contributed by atoms with Crippen LogP contribution in [0.4, 0.5) is 0 Å². The van der Waals surface area contributed by atoms with Crippen LogP contribution in [0.5, 0.6) is 0 Å². The topological polar surface area (TPSA) is 59.1 Å². The fourth-order valence-electron chi connectivity index (χ4n) is 2.45. The second kappa shape index (κ2) is 7.47. The molecule has 0 saturated heterocycles. The van der Waals surface area contributed by atoms with Gasteiger partial charge in [-0.1, -0.05) is 41.5 Å². The molecule has 0 aliphatic rings. The minimum absolute atomic E-state index is 0.289. The van der Waals surface area contributed by atoms with Crippen LogP contribution in [0.15, 0.2) is 58.8 Å². The maximum atomic E-state index is 12.3. The molecule has 0 saturated carbocycles. The van der Waals surface area contributed by atoms with Crippen LogP contribution >= 0.6 is 11.3 Å². The summed E-state index contributed by atoms with van der Waals surface area (Å²) in [5.41, 5.74) is 4.22. The molecule has 2 aromatic carbocycles. The Hall–Kier alpha value is -2.02. The van der Waals surface area contributed by atoms with Crippen molar-refractivity contribution in [2.45, 2.75) is 25.2 Å². The van der Waals surface area contributed by atoms with Crippen molar-refractivity contribution < 1.29 is 8.42 Å². The number of aromatic nitrogens is 1. The minimum Gasteiger partial charge on any atom is -0.241 e. The molecule has 130 valence electrons. The Morgan fingerprint density at radius 2 is 1.80 bits per heavy atom. The third-order valence-electron chi connectivity index (χ3n) is 3.82. The summed E-state index contributed by atoms with van der Waals surface area (Å²) in [6.45, 7) is 4.31. The fourth-order valence-corrected chi connectivity index (χ4v) is 4.33. The van der Waals surface area contributed by atoms with Crippen LogP contribution in [0.1, 0.15) is 16.8 Å². The number of benzene rings is 2. The largest absolute Gasteiger partial charge is 0.241 e. The zero-order chi connectivity index (χ0) is 17.9. The molecule has 0 atom stereocenters. The molecule has 6 heteroatoms. The van der Waals surface area contributed by atoms with Crippen molar-refractivity contribution in [3.05, 3.63) is 70.7 Å². The molecule has 0 spiro atoms. The van der Waals surface area contributed by atoms with E-state index in [1.165, 1.54) is 5.56 Å². The highest BCUT2D eigenvalue weighted by Gasteiger charge is 2.13. The molecule has 4 nitrogen and oxygen atoms in total. The van der Waals surface area contributed by atoms with Crippen LogP contribution in [0.25, 0.3) is 10.6 Å². The number of nitrogens with zero attached hydrogens (tertiary/aromatic N) is 1. The number of thiazole rings is 1. The molecule has 3 rings (SSSR count). The van der Waals surface area contributed by atoms with Crippen LogP contribution in [-0.2, 0) is 16.4 Å². The molecule has 0 radical (unpaired) electrons. The fraction of sp³-hybridized carbons (Fsp3) is 0.211. The summed E-state index contributed by atoms with van der Waals surface area (Å²) in [5, 5.41) is 2.94. The van der Waals surface area contributed by atoms with Crippen LogP contribution in [0.3, 0.4) is 0 Å². The lowest BCUT2D eigenvalue weighted by Gasteiger charge is -2.06. The maximum Gasteiger partial charge on any atom is 0.240 e. The molecule has 0 unspecified atom stereocenters. The van der Waals surface area contributed by atoms with Gasteiger partial charge in [0.25, 0.3) is 0 Å². The molecule has 3 aromatic rings. The van der Waals surface area contributed by atoms with E-state index < -0.39 is 10.0 Å². The molecule has 0 amide bonds. The predicted molar refractivity (Wildman–Crippen MR) is 102 cm³/mol. The van der Waals surface area contributed by atoms with Gasteiger partial charge in [-0.25, -0.2) is 18.1 Å². The number of sulfonamides is 1. The van der Waals surface area contributed by atoms with Crippen LogP contribution in [-0.4, -0.2) is 19.9 Å². The third-order valence-corrected chi connectivity index (χ3v) is 6.24. The Bertz CT molecular complexity index is 961. The highest BCUT2D eigenvalue weighted by molar-refractivity contribution is 7.89. The van der Waals surface area contributed by atoms with Gasteiger partial charge in [0.2, 0.25) is 10.0 Å². The molecule has 1 heterocycles. The van der Waals surface area contributed by atoms with E-state index in [0.29, 0.717) is 13.0 Å². The van der Waals surface area contributed by atoms with Crippen molar-refractivity contribution in [2.75, 3.05) is 6.54 Å². The van der Waals surface area contributed by atoms with Crippen molar-refractivity contribution in [3.63, 3.8) is 0 Å².